The second kappa shape index (κ2) is 8.64. The molecule has 0 aliphatic heterocycles. The molecule has 1 aromatic heterocycles. The molecule has 5 nitrogen and oxygen atoms in total. The normalized spacial score (nSPS) is 13.3. The molecule has 0 aliphatic rings. The van der Waals surface area contributed by atoms with E-state index >= 15 is 0 Å². The van der Waals surface area contributed by atoms with Gasteiger partial charge in [0.15, 0.2) is 0 Å². The van der Waals surface area contributed by atoms with Crippen LogP contribution in [-0.4, -0.2) is 40.7 Å². The predicted octanol–water partition coefficient (Wildman–Crippen LogP) is 2.84. The summed E-state index contributed by atoms with van der Waals surface area (Å²) in [5.74, 6) is 0.0911. The molecule has 23 heavy (non-hydrogen) atoms. The van der Waals surface area contributed by atoms with Gasteiger partial charge in [0, 0.05) is 31.1 Å². The first-order valence-electron chi connectivity index (χ1n) is 7.66. The van der Waals surface area contributed by atoms with E-state index in [0.29, 0.717) is 19.5 Å². The lowest BCUT2D eigenvalue weighted by Crippen LogP contribution is -2.39. The van der Waals surface area contributed by atoms with Gasteiger partial charge in [0.2, 0.25) is 0 Å². The number of hydrogen-bond acceptors (Lipinski definition) is 4. The number of nitrogens with one attached hydrogen (secondary N) is 1. The monoisotopic (exact) mass is 333 g/mol. The summed E-state index contributed by atoms with van der Waals surface area (Å²) in [6.45, 7) is 2.76. The number of nitrogens with zero attached hydrogens (tertiary/aromatic N) is 2. The van der Waals surface area contributed by atoms with E-state index in [4.69, 9.17) is 0 Å². The second-order valence-corrected chi connectivity index (χ2v) is 6.64. The number of thiazole rings is 1. The van der Waals surface area contributed by atoms with Crippen LogP contribution in [0.3, 0.4) is 0 Å². The molecule has 0 radical (unpaired) electrons. The zero-order valence-corrected chi connectivity index (χ0v) is 14.3. The lowest BCUT2D eigenvalue weighted by molar-refractivity contribution is 0.171. The van der Waals surface area contributed by atoms with Gasteiger partial charge in [-0.1, -0.05) is 30.3 Å². The number of urea groups is 1. The van der Waals surface area contributed by atoms with Crippen molar-refractivity contribution in [1.82, 2.24) is 15.2 Å². The van der Waals surface area contributed by atoms with Gasteiger partial charge in [-0.25, -0.2) is 9.78 Å². The van der Waals surface area contributed by atoms with E-state index in [2.05, 4.69) is 10.3 Å². The SMILES string of the molecule is CC(O)CC(CNC(=O)N(C)Cc1nccs1)c1ccccc1. The van der Waals surface area contributed by atoms with E-state index in [1.165, 1.54) is 11.3 Å². The van der Waals surface area contributed by atoms with Crippen LogP contribution in [0.15, 0.2) is 41.9 Å². The summed E-state index contributed by atoms with van der Waals surface area (Å²) in [4.78, 5) is 18.0. The van der Waals surface area contributed by atoms with E-state index in [-0.39, 0.29) is 11.9 Å². The third-order valence-corrected chi connectivity index (χ3v) is 4.36. The summed E-state index contributed by atoms with van der Waals surface area (Å²) in [5, 5.41) is 15.5. The molecule has 0 saturated carbocycles. The number of aliphatic hydroxyl groups excluding tert-OH is 1. The summed E-state index contributed by atoms with van der Waals surface area (Å²) in [5.41, 5.74) is 1.12. The quantitative estimate of drug-likeness (QED) is 0.819. The minimum absolute atomic E-state index is 0.0911. The maximum absolute atomic E-state index is 12.2. The van der Waals surface area contributed by atoms with Crippen molar-refractivity contribution in [3.63, 3.8) is 0 Å². The van der Waals surface area contributed by atoms with Gasteiger partial charge in [-0.15, -0.1) is 11.3 Å². The molecule has 2 rings (SSSR count). The number of amides is 2. The van der Waals surface area contributed by atoms with E-state index in [0.717, 1.165) is 10.6 Å². The number of carbonyl (C=O) groups excluding carboxylic acids is 1. The van der Waals surface area contributed by atoms with Crippen LogP contribution in [-0.2, 0) is 6.54 Å². The van der Waals surface area contributed by atoms with Crippen LogP contribution >= 0.6 is 11.3 Å². The highest BCUT2D eigenvalue weighted by Gasteiger charge is 2.17. The van der Waals surface area contributed by atoms with Crippen molar-refractivity contribution in [1.29, 1.82) is 0 Å². The molecule has 6 heteroatoms. The average Bonchev–Trinajstić information content (AvgIpc) is 3.04. The van der Waals surface area contributed by atoms with Gasteiger partial charge in [-0.2, -0.15) is 0 Å². The molecule has 1 aromatic carbocycles. The molecule has 124 valence electrons. The van der Waals surface area contributed by atoms with Crippen LogP contribution in [0.4, 0.5) is 4.79 Å². The van der Waals surface area contributed by atoms with Gasteiger partial charge < -0.3 is 15.3 Å². The van der Waals surface area contributed by atoms with Gasteiger partial charge in [0.25, 0.3) is 0 Å². The lowest BCUT2D eigenvalue weighted by Gasteiger charge is -2.22. The summed E-state index contributed by atoms with van der Waals surface area (Å²) in [6.07, 6.45) is 1.94. The van der Waals surface area contributed by atoms with Gasteiger partial charge in [-0.3, -0.25) is 0 Å². The molecule has 2 amide bonds. The van der Waals surface area contributed by atoms with Crippen molar-refractivity contribution in [2.45, 2.75) is 31.9 Å². The number of rotatable bonds is 7. The highest BCUT2D eigenvalue weighted by atomic mass is 32.1. The molecule has 0 aliphatic carbocycles. The Hall–Kier alpha value is -1.92. The Morgan fingerprint density at radius 1 is 1.39 bits per heavy atom. The fourth-order valence-electron chi connectivity index (χ4n) is 2.43. The molecular formula is C17H23N3O2S. The molecule has 0 spiro atoms. The molecule has 0 bridgehead atoms. The van der Waals surface area contributed by atoms with Crippen molar-refractivity contribution < 1.29 is 9.90 Å². The molecule has 2 aromatic rings. The first kappa shape index (κ1) is 17.4. The minimum atomic E-state index is -0.412. The summed E-state index contributed by atoms with van der Waals surface area (Å²) in [7, 11) is 1.75. The topological polar surface area (TPSA) is 65.5 Å². The smallest absolute Gasteiger partial charge is 0.317 e. The standard InChI is InChI=1S/C17H23N3O2S/c1-13(21)10-15(14-6-4-3-5-7-14)11-19-17(22)20(2)12-16-18-8-9-23-16/h3-9,13,15,21H,10-12H2,1-2H3,(H,19,22). The van der Waals surface area contributed by atoms with Crippen LogP contribution in [0, 0.1) is 0 Å². The first-order chi connectivity index (χ1) is 11.1. The highest BCUT2D eigenvalue weighted by molar-refractivity contribution is 7.09. The van der Waals surface area contributed by atoms with Crippen molar-refractivity contribution >= 4 is 17.4 Å². The van der Waals surface area contributed by atoms with E-state index in [1.54, 1.807) is 25.1 Å². The predicted molar refractivity (Wildman–Crippen MR) is 92.5 cm³/mol. The number of carbonyl (C=O) groups is 1. The Morgan fingerprint density at radius 3 is 2.74 bits per heavy atom. The zero-order chi connectivity index (χ0) is 16.7. The van der Waals surface area contributed by atoms with Crippen LogP contribution in [0.25, 0.3) is 0 Å². The molecule has 2 unspecified atom stereocenters. The van der Waals surface area contributed by atoms with Crippen LogP contribution in [0.1, 0.15) is 29.8 Å². The van der Waals surface area contributed by atoms with Crippen LogP contribution in [0.5, 0.6) is 0 Å². The number of hydrogen-bond donors (Lipinski definition) is 2. The minimum Gasteiger partial charge on any atom is -0.393 e. The first-order valence-corrected chi connectivity index (χ1v) is 8.54. The Bertz CT molecular complexity index is 587. The Kier molecular flexibility index (Phi) is 6.55. The molecule has 0 fully saturated rings. The second-order valence-electron chi connectivity index (χ2n) is 5.66. The largest absolute Gasteiger partial charge is 0.393 e. The number of aromatic nitrogens is 1. The summed E-state index contributed by atoms with van der Waals surface area (Å²) < 4.78 is 0. The molecular weight excluding hydrogens is 310 g/mol. The Balaban J connectivity index is 1.91. The van der Waals surface area contributed by atoms with Gasteiger partial charge >= 0.3 is 6.03 Å². The summed E-state index contributed by atoms with van der Waals surface area (Å²) in [6, 6.07) is 9.83. The van der Waals surface area contributed by atoms with E-state index in [1.807, 2.05) is 35.7 Å². The number of aliphatic hydroxyl groups is 1. The fraction of sp³-hybridized carbons (Fsp3) is 0.412. The van der Waals surface area contributed by atoms with Gasteiger partial charge in [0.1, 0.15) is 5.01 Å². The van der Waals surface area contributed by atoms with Crippen molar-refractivity contribution in [2.24, 2.45) is 0 Å². The maximum atomic E-state index is 12.2. The third kappa shape index (κ3) is 5.65. The van der Waals surface area contributed by atoms with Crippen LogP contribution < -0.4 is 5.32 Å². The van der Waals surface area contributed by atoms with Gasteiger partial charge in [0.05, 0.1) is 12.6 Å². The number of benzene rings is 1. The average molecular weight is 333 g/mol. The van der Waals surface area contributed by atoms with Crippen LogP contribution in [0.2, 0.25) is 0 Å². The third-order valence-electron chi connectivity index (χ3n) is 3.60. The molecule has 2 atom stereocenters. The van der Waals surface area contributed by atoms with E-state index in [9.17, 15) is 9.90 Å². The van der Waals surface area contributed by atoms with E-state index < -0.39 is 6.10 Å². The highest BCUT2D eigenvalue weighted by Crippen LogP contribution is 2.20. The molecule has 1 heterocycles. The van der Waals surface area contributed by atoms with Crippen molar-refractivity contribution in [2.75, 3.05) is 13.6 Å². The molecule has 0 saturated heterocycles. The lowest BCUT2D eigenvalue weighted by atomic mass is 9.93. The maximum Gasteiger partial charge on any atom is 0.317 e. The van der Waals surface area contributed by atoms with Crippen molar-refractivity contribution in [3.05, 3.63) is 52.5 Å². The Morgan fingerprint density at radius 2 is 2.13 bits per heavy atom. The van der Waals surface area contributed by atoms with Crippen molar-refractivity contribution in [3.8, 4) is 0 Å². The fourth-order valence-corrected chi connectivity index (χ4v) is 3.09. The summed E-state index contributed by atoms with van der Waals surface area (Å²) >= 11 is 1.53. The molecule has 2 N–H and O–H groups in total. The zero-order valence-electron chi connectivity index (χ0n) is 13.5. The Labute approximate surface area is 141 Å². The van der Waals surface area contributed by atoms with Gasteiger partial charge in [-0.05, 0) is 18.9 Å².